The van der Waals surface area contributed by atoms with Crippen LogP contribution in [0.15, 0.2) is 36.5 Å². The third-order valence-corrected chi connectivity index (χ3v) is 5.69. The molecule has 0 unspecified atom stereocenters. The van der Waals surface area contributed by atoms with Crippen LogP contribution >= 0.6 is 24.8 Å². The number of likely N-dealkylation sites (N-methyl/N-ethyl adjacent to an activating group) is 1. The lowest BCUT2D eigenvalue weighted by Crippen LogP contribution is -2.47. The Kier molecular flexibility index (Phi) is 8.06. The van der Waals surface area contributed by atoms with Crippen molar-refractivity contribution in [3.8, 4) is 0 Å². The smallest absolute Gasteiger partial charge is 0.121 e. The minimum absolute atomic E-state index is 0. The molecular formula is C22H31Cl2N5. The Bertz CT molecular complexity index is 917. The summed E-state index contributed by atoms with van der Waals surface area (Å²) < 4.78 is 0. The molecule has 0 aliphatic carbocycles. The lowest BCUT2D eigenvalue weighted by Gasteiger charge is -2.40. The second-order valence-corrected chi connectivity index (χ2v) is 8.13. The Hall–Kier alpha value is -1.66. The maximum Gasteiger partial charge on any atom is 0.121 e. The van der Waals surface area contributed by atoms with Crippen molar-refractivity contribution >= 4 is 35.8 Å². The van der Waals surface area contributed by atoms with Crippen LogP contribution in [0.25, 0.3) is 11.0 Å². The first-order valence-corrected chi connectivity index (χ1v) is 9.82. The Morgan fingerprint density at radius 3 is 2.45 bits per heavy atom. The zero-order chi connectivity index (χ0) is 18.9. The molecule has 1 saturated heterocycles. The molecule has 0 saturated carbocycles. The summed E-state index contributed by atoms with van der Waals surface area (Å²) in [6, 6.07) is 10.8. The highest BCUT2D eigenvalue weighted by molar-refractivity contribution is 5.85. The van der Waals surface area contributed by atoms with Gasteiger partial charge < -0.3 is 10.3 Å². The molecule has 0 amide bonds. The maximum absolute atomic E-state index is 4.80. The quantitative estimate of drug-likeness (QED) is 0.631. The lowest BCUT2D eigenvalue weighted by atomic mass is 9.75. The van der Waals surface area contributed by atoms with E-state index in [0.717, 1.165) is 55.9 Å². The third kappa shape index (κ3) is 5.28. The third-order valence-electron chi connectivity index (χ3n) is 5.69. The number of halogens is 2. The molecule has 0 bridgehead atoms. The highest BCUT2D eigenvalue weighted by Gasteiger charge is 2.36. The van der Waals surface area contributed by atoms with E-state index in [1.165, 1.54) is 16.8 Å². The lowest BCUT2D eigenvalue weighted by molar-refractivity contribution is 0.189. The van der Waals surface area contributed by atoms with Crippen LogP contribution in [0.3, 0.4) is 0 Å². The first-order valence-electron chi connectivity index (χ1n) is 9.82. The Morgan fingerprint density at radius 2 is 1.76 bits per heavy atom. The molecule has 3 heterocycles. The first kappa shape index (κ1) is 23.6. The summed E-state index contributed by atoms with van der Waals surface area (Å²) in [6.45, 7) is 8.11. The summed E-state index contributed by atoms with van der Waals surface area (Å²) >= 11 is 0. The van der Waals surface area contributed by atoms with Gasteiger partial charge in [0, 0.05) is 23.9 Å². The van der Waals surface area contributed by atoms with E-state index in [1.807, 2.05) is 6.20 Å². The van der Waals surface area contributed by atoms with Gasteiger partial charge in [-0.25, -0.2) is 4.98 Å². The molecule has 158 valence electrons. The second kappa shape index (κ2) is 9.90. The van der Waals surface area contributed by atoms with E-state index in [1.54, 1.807) is 0 Å². The molecule has 0 atom stereocenters. The number of aromatic amines is 1. The number of aryl methyl sites for hydroxylation is 2. The maximum atomic E-state index is 4.80. The summed E-state index contributed by atoms with van der Waals surface area (Å²) in [6.07, 6.45) is 4.24. The number of H-pyrrole nitrogens is 1. The van der Waals surface area contributed by atoms with E-state index in [0.29, 0.717) is 0 Å². The number of nitrogens with zero attached hydrogens (tertiary/aromatic N) is 3. The molecule has 1 aliphatic heterocycles. The van der Waals surface area contributed by atoms with Gasteiger partial charge in [-0.15, -0.1) is 24.8 Å². The van der Waals surface area contributed by atoms with Crippen LogP contribution in [0.1, 0.15) is 35.5 Å². The largest absolute Gasteiger partial charge is 0.341 e. The molecular weight excluding hydrogens is 405 g/mol. The van der Waals surface area contributed by atoms with Gasteiger partial charge >= 0.3 is 0 Å². The molecule has 5 nitrogen and oxygen atoms in total. The summed E-state index contributed by atoms with van der Waals surface area (Å²) in [5, 5.41) is 3.50. The number of hydrogen-bond donors (Lipinski definition) is 2. The standard InChI is InChI=1S/C22H29N5.2ClH/c1-16-4-6-18-19(12-16)26-21(25-18)14-27(3)15-22(8-10-23-11-9-22)20-7-5-17(2)13-24-20;;/h4-7,12-13,23H,8-11,14-15H2,1-3H3,(H,25,26);2*1H. The van der Waals surface area contributed by atoms with Crippen molar-refractivity contribution in [1.29, 1.82) is 0 Å². The molecule has 2 aromatic heterocycles. The number of hydrogen-bond acceptors (Lipinski definition) is 4. The number of nitrogens with one attached hydrogen (secondary N) is 2. The van der Waals surface area contributed by atoms with Gasteiger partial charge in [-0.3, -0.25) is 9.88 Å². The van der Waals surface area contributed by atoms with Gasteiger partial charge in [0.1, 0.15) is 5.82 Å². The first-order chi connectivity index (χ1) is 13.0. The van der Waals surface area contributed by atoms with Crippen LogP contribution in [0.2, 0.25) is 0 Å². The fourth-order valence-electron chi connectivity index (χ4n) is 4.26. The summed E-state index contributed by atoms with van der Waals surface area (Å²) in [5.74, 6) is 1.03. The molecule has 7 heteroatoms. The van der Waals surface area contributed by atoms with Crippen molar-refractivity contribution in [1.82, 2.24) is 25.2 Å². The van der Waals surface area contributed by atoms with Crippen LogP contribution in [0.4, 0.5) is 0 Å². The molecule has 4 rings (SSSR count). The minimum Gasteiger partial charge on any atom is -0.341 e. The normalized spacial score (nSPS) is 15.7. The Balaban J connectivity index is 0.00000150. The minimum atomic E-state index is 0. The zero-order valence-corrected chi connectivity index (χ0v) is 19.0. The molecule has 3 aromatic rings. The van der Waals surface area contributed by atoms with E-state index < -0.39 is 0 Å². The van der Waals surface area contributed by atoms with Gasteiger partial charge in [-0.2, -0.15) is 0 Å². The predicted octanol–water partition coefficient (Wildman–Crippen LogP) is 4.17. The van der Waals surface area contributed by atoms with Crippen molar-refractivity contribution in [2.75, 3.05) is 26.7 Å². The number of imidazole rings is 1. The second-order valence-electron chi connectivity index (χ2n) is 8.13. The van der Waals surface area contributed by atoms with Crippen molar-refractivity contribution < 1.29 is 0 Å². The molecule has 1 aromatic carbocycles. The summed E-state index contributed by atoms with van der Waals surface area (Å²) in [7, 11) is 2.19. The summed E-state index contributed by atoms with van der Waals surface area (Å²) in [4.78, 5) is 15.4. The number of benzene rings is 1. The van der Waals surface area contributed by atoms with E-state index >= 15 is 0 Å². The van der Waals surface area contributed by atoms with Crippen LogP contribution in [0, 0.1) is 13.8 Å². The number of rotatable bonds is 5. The molecule has 2 N–H and O–H groups in total. The van der Waals surface area contributed by atoms with Gasteiger partial charge in [-0.05, 0) is 76.2 Å². The molecule has 0 radical (unpaired) electrons. The Labute approximate surface area is 185 Å². The van der Waals surface area contributed by atoms with E-state index in [4.69, 9.17) is 9.97 Å². The van der Waals surface area contributed by atoms with Crippen LogP contribution in [0.5, 0.6) is 0 Å². The highest BCUT2D eigenvalue weighted by Crippen LogP contribution is 2.33. The molecule has 1 fully saturated rings. The van der Waals surface area contributed by atoms with Crippen molar-refractivity contribution in [2.45, 2.75) is 38.6 Å². The SMILES string of the molecule is Cc1ccc(C2(CN(C)Cc3nc4ccc(C)cc4[nH]3)CCNCC2)nc1.Cl.Cl. The van der Waals surface area contributed by atoms with Gasteiger partial charge in [-0.1, -0.05) is 12.1 Å². The number of fused-ring (bicyclic) bond motifs is 1. The van der Waals surface area contributed by atoms with Gasteiger partial charge in [0.25, 0.3) is 0 Å². The molecule has 1 aliphatic rings. The number of piperidine rings is 1. The zero-order valence-electron chi connectivity index (χ0n) is 17.4. The van der Waals surface area contributed by atoms with Crippen LogP contribution in [-0.2, 0) is 12.0 Å². The predicted molar refractivity (Wildman–Crippen MR) is 124 cm³/mol. The Morgan fingerprint density at radius 1 is 1.03 bits per heavy atom. The van der Waals surface area contributed by atoms with Gasteiger partial charge in [0.2, 0.25) is 0 Å². The highest BCUT2D eigenvalue weighted by atomic mass is 35.5. The van der Waals surface area contributed by atoms with E-state index in [-0.39, 0.29) is 30.2 Å². The number of aromatic nitrogens is 3. The monoisotopic (exact) mass is 435 g/mol. The van der Waals surface area contributed by atoms with Crippen LogP contribution in [-0.4, -0.2) is 46.5 Å². The molecule has 29 heavy (non-hydrogen) atoms. The van der Waals surface area contributed by atoms with Crippen molar-refractivity contribution in [2.24, 2.45) is 0 Å². The average Bonchev–Trinajstić information content (AvgIpc) is 3.04. The average molecular weight is 436 g/mol. The fourth-order valence-corrected chi connectivity index (χ4v) is 4.26. The van der Waals surface area contributed by atoms with E-state index in [9.17, 15) is 0 Å². The molecule has 0 spiro atoms. The van der Waals surface area contributed by atoms with E-state index in [2.05, 4.69) is 66.4 Å². The summed E-state index contributed by atoms with van der Waals surface area (Å²) in [5.41, 5.74) is 5.97. The van der Waals surface area contributed by atoms with Crippen molar-refractivity contribution in [3.05, 3.63) is 59.2 Å². The number of pyridine rings is 1. The topological polar surface area (TPSA) is 56.8 Å². The fraction of sp³-hybridized carbons (Fsp3) is 0.455. The van der Waals surface area contributed by atoms with Gasteiger partial charge in [0.15, 0.2) is 0 Å². The van der Waals surface area contributed by atoms with Crippen LogP contribution < -0.4 is 5.32 Å². The van der Waals surface area contributed by atoms with Gasteiger partial charge in [0.05, 0.1) is 17.6 Å². The van der Waals surface area contributed by atoms with Crippen molar-refractivity contribution in [3.63, 3.8) is 0 Å².